The van der Waals surface area contributed by atoms with Crippen molar-refractivity contribution in [2.45, 2.75) is 32.1 Å². The molecule has 0 amide bonds. The molecule has 132 valence electrons. The maximum absolute atomic E-state index is 5.44. The van der Waals surface area contributed by atoms with Gasteiger partial charge in [-0.1, -0.05) is 35.9 Å². The van der Waals surface area contributed by atoms with E-state index in [-0.39, 0.29) is 0 Å². The third-order valence-corrected chi connectivity index (χ3v) is 5.14. The van der Waals surface area contributed by atoms with Gasteiger partial charge in [-0.15, -0.1) is 0 Å². The molecule has 0 saturated heterocycles. The van der Waals surface area contributed by atoms with Crippen molar-refractivity contribution < 1.29 is 0 Å². The molecule has 2 N–H and O–H groups in total. The third kappa shape index (κ3) is 4.02. The second-order valence-electron chi connectivity index (χ2n) is 6.83. The van der Waals surface area contributed by atoms with E-state index in [0.29, 0.717) is 5.11 Å². The molecule has 1 aliphatic carbocycles. The van der Waals surface area contributed by atoms with Crippen molar-refractivity contribution in [1.29, 1.82) is 0 Å². The number of rotatable bonds is 4. The molecule has 0 fully saturated rings. The standard InChI is InChI=1S/C22H23N3S/c26-22(23-13-12-16-6-2-1-3-7-16)24-19-11-10-18-14-17-8-4-5-9-20(17)25-21(18)15-19/h4-6,8-11,14-15H,1-3,7,12-13H2,(H2,23,24,26). The topological polar surface area (TPSA) is 37.0 Å². The van der Waals surface area contributed by atoms with Gasteiger partial charge in [0, 0.05) is 23.0 Å². The van der Waals surface area contributed by atoms with Gasteiger partial charge < -0.3 is 10.6 Å². The molecule has 26 heavy (non-hydrogen) atoms. The number of nitrogens with zero attached hydrogens (tertiary/aromatic N) is 1. The van der Waals surface area contributed by atoms with E-state index in [2.05, 4.69) is 47.0 Å². The number of allylic oxidation sites excluding steroid dienone is 1. The summed E-state index contributed by atoms with van der Waals surface area (Å²) in [7, 11) is 0. The van der Waals surface area contributed by atoms with Crippen molar-refractivity contribution >= 4 is 44.8 Å². The summed E-state index contributed by atoms with van der Waals surface area (Å²) in [5, 5.41) is 9.56. The Balaban J connectivity index is 1.40. The maximum atomic E-state index is 5.44. The highest BCUT2D eigenvalue weighted by Gasteiger charge is 2.05. The first-order valence-corrected chi connectivity index (χ1v) is 9.71. The molecule has 1 aromatic heterocycles. The van der Waals surface area contributed by atoms with E-state index in [1.54, 1.807) is 5.57 Å². The summed E-state index contributed by atoms with van der Waals surface area (Å²) in [6, 6.07) is 16.6. The number of pyridine rings is 1. The van der Waals surface area contributed by atoms with E-state index >= 15 is 0 Å². The Kier molecular flexibility index (Phi) is 5.12. The fourth-order valence-corrected chi connectivity index (χ4v) is 3.71. The molecule has 2 aromatic carbocycles. The van der Waals surface area contributed by atoms with Crippen LogP contribution in [0.5, 0.6) is 0 Å². The van der Waals surface area contributed by atoms with Crippen LogP contribution in [0.1, 0.15) is 32.1 Å². The summed E-state index contributed by atoms with van der Waals surface area (Å²) in [6.45, 7) is 0.883. The van der Waals surface area contributed by atoms with E-state index < -0.39 is 0 Å². The number of hydrogen-bond donors (Lipinski definition) is 2. The predicted molar refractivity (Wildman–Crippen MR) is 115 cm³/mol. The van der Waals surface area contributed by atoms with Gasteiger partial charge in [-0.25, -0.2) is 4.98 Å². The van der Waals surface area contributed by atoms with Crippen LogP contribution < -0.4 is 10.6 Å². The largest absolute Gasteiger partial charge is 0.362 e. The Labute approximate surface area is 159 Å². The second-order valence-corrected chi connectivity index (χ2v) is 7.24. The molecule has 0 radical (unpaired) electrons. The summed E-state index contributed by atoms with van der Waals surface area (Å²) in [6.07, 6.45) is 8.60. The van der Waals surface area contributed by atoms with Crippen LogP contribution in [-0.4, -0.2) is 16.6 Å². The zero-order valence-electron chi connectivity index (χ0n) is 14.8. The Morgan fingerprint density at radius 3 is 2.77 bits per heavy atom. The average Bonchev–Trinajstić information content (AvgIpc) is 2.67. The van der Waals surface area contributed by atoms with Gasteiger partial charge in [0.2, 0.25) is 0 Å². The van der Waals surface area contributed by atoms with E-state index in [0.717, 1.165) is 40.5 Å². The first-order chi connectivity index (χ1) is 12.8. The fourth-order valence-electron chi connectivity index (χ4n) is 3.49. The lowest BCUT2D eigenvalue weighted by Crippen LogP contribution is -2.29. The van der Waals surface area contributed by atoms with Crippen molar-refractivity contribution in [3.63, 3.8) is 0 Å². The molecule has 0 bridgehead atoms. The molecule has 3 aromatic rings. The fraction of sp³-hybridized carbons (Fsp3) is 0.273. The molecular formula is C22H23N3S. The van der Waals surface area contributed by atoms with Gasteiger partial charge in [0.15, 0.2) is 5.11 Å². The van der Waals surface area contributed by atoms with Crippen LogP contribution in [0.4, 0.5) is 5.69 Å². The first-order valence-electron chi connectivity index (χ1n) is 9.30. The van der Waals surface area contributed by atoms with Crippen molar-refractivity contribution in [3.8, 4) is 0 Å². The number of thiocarbonyl (C=S) groups is 1. The summed E-state index contributed by atoms with van der Waals surface area (Å²) < 4.78 is 0. The molecule has 0 atom stereocenters. The Morgan fingerprint density at radius 2 is 1.88 bits per heavy atom. The summed E-state index contributed by atoms with van der Waals surface area (Å²) in [5.41, 5.74) is 4.52. The minimum absolute atomic E-state index is 0.668. The lowest BCUT2D eigenvalue weighted by Gasteiger charge is -2.14. The Hall–Kier alpha value is -2.46. The number of benzene rings is 2. The number of nitrogens with one attached hydrogen (secondary N) is 2. The third-order valence-electron chi connectivity index (χ3n) is 4.89. The second kappa shape index (κ2) is 7.83. The van der Waals surface area contributed by atoms with E-state index in [1.165, 1.54) is 25.7 Å². The SMILES string of the molecule is S=C(NCCC1=CCCCC1)Nc1ccc2cc3ccccc3nc2c1. The van der Waals surface area contributed by atoms with Gasteiger partial charge in [-0.3, -0.25) is 0 Å². The molecule has 3 nitrogen and oxygen atoms in total. The van der Waals surface area contributed by atoms with Crippen LogP contribution in [0.15, 0.2) is 60.2 Å². The molecule has 1 heterocycles. The van der Waals surface area contributed by atoms with E-state index in [1.807, 2.05) is 18.2 Å². The number of hydrogen-bond acceptors (Lipinski definition) is 2. The van der Waals surface area contributed by atoms with Crippen LogP contribution in [-0.2, 0) is 0 Å². The summed E-state index contributed by atoms with van der Waals surface area (Å²) in [4.78, 5) is 4.76. The van der Waals surface area contributed by atoms with Crippen molar-refractivity contribution in [2.24, 2.45) is 0 Å². The normalized spacial score (nSPS) is 14.2. The van der Waals surface area contributed by atoms with Crippen molar-refractivity contribution in [3.05, 3.63) is 60.2 Å². The molecule has 0 spiro atoms. The van der Waals surface area contributed by atoms with Crippen LogP contribution in [0.2, 0.25) is 0 Å². The highest BCUT2D eigenvalue weighted by Crippen LogP contribution is 2.22. The molecule has 1 aliphatic rings. The van der Waals surface area contributed by atoms with Crippen LogP contribution in [0, 0.1) is 0 Å². The van der Waals surface area contributed by atoms with Gasteiger partial charge in [-0.05, 0) is 68.6 Å². The summed E-state index contributed by atoms with van der Waals surface area (Å²) in [5.74, 6) is 0. The molecule has 0 unspecified atom stereocenters. The average molecular weight is 362 g/mol. The Morgan fingerprint density at radius 1 is 1.00 bits per heavy atom. The molecule has 0 saturated carbocycles. The first kappa shape index (κ1) is 17.0. The number of para-hydroxylation sites is 1. The van der Waals surface area contributed by atoms with E-state index in [4.69, 9.17) is 17.2 Å². The van der Waals surface area contributed by atoms with Gasteiger partial charge in [-0.2, -0.15) is 0 Å². The molecular weight excluding hydrogens is 338 g/mol. The summed E-state index contributed by atoms with van der Waals surface area (Å²) >= 11 is 5.44. The van der Waals surface area contributed by atoms with Gasteiger partial charge in [0.05, 0.1) is 11.0 Å². The number of fused-ring (bicyclic) bond motifs is 2. The van der Waals surface area contributed by atoms with Gasteiger partial charge >= 0.3 is 0 Å². The number of anilines is 1. The predicted octanol–water partition coefficient (Wildman–Crippen LogP) is 5.56. The van der Waals surface area contributed by atoms with E-state index in [9.17, 15) is 0 Å². The van der Waals surface area contributed by atoms with Crippen molar-refractivity contribution in [2.75, 3.05) is 11.9 Å². The Bertz CT molecular complexity index is 977. The minimum atomic E-state index is 0.668. The zero-order chi connectivity index (χ0) is 17.8. The lowest BCUT2D eigenvalue weighted by molar-refractivity contribution is 0.669. The minimum Gasteiger partial charge on any atom is -0.362 e. The number of aromatic nitrogens is 1. The van der Waals surface area contributed by atoms with Gasteiger partial charge in [0.1, 0.15) is 0 Å². The highest BCUT2D eigenvalue weighted by molar-refractivity contribution is 7.80. The van der Waals surface area contributed by atoms with Crippen LogP contribution >= 0.6 is 12.2 Å². The zero-order valence-corrected chi connectivity index (χ0v) is 15.6. The van der Waals surface area contributed by atoms with Crippen molar-refractivity contribution in [1.82, 2.24) is 10.3 Å². The molecule has 0 aliphatic heterocycles. The van der Waals surface area contributed by atoms with Gasteiger partial charge in [0.25, 0.3) is 0 Å². The highest BCUT2D eigenvalue weighted by atomic mass is 32.1. The quantitative estimate of drug-likeness (QED) is 0.362. The smallest absolute Gasteiger partial charge is 0.170 e. The van der Waals surface area contributed by atoms with Crippen LogP contribution in [0.3, 0.4) is 0 Å². The molecule has 4 rings (SSSR count). The van der Waals surface area contributed by atoms with Crippen LogP contribution in [0.25, 0.3) is 21.8 Å². The lowest BCUT2D eigenvalue weighted by atomic mass is 9.97. The monoisotopic (exact) mass is 361 g/mol. The molecule has 4 heteroatoms. The maximum Gasteiger partial charge on any atom is 0.170 e.